The fourth-order valence-electron chi connectivity index (χ4n) is 2.71. The lowest BCUT2D eigenvalue weighted by Gasteiger charge is -2.05. The minimum Gasteiger partial charge on any atom is -0.481 e. The summed E-state index contributed by atoms with van der Waals surface area (Å²) in [5.41, 5.74) is 7.96. The average Bonchev–Trinajstić information content (AvgIpc) is 3.22. The second-order valence-corrected chi connectivity index (χ2v) is 7.55. The lowest BCUT2D eigenvalue weighted by Crippen LogP contribution is -2.18. The van der Waals surface area contributed by atoms with E-state index in [1.165, 1.54) is 6.07 Å². The van der Waals surface area contributed by atoms with Gasteiger partial charge in [-0.3, -0.25) is 9.59 Å². The number of nitrogens with zero attached hydrogens (tertiary/aromatic N) is 1. The molecule has 0 bridgehead atoms. The summed E-state index contributed by atoms with van der Waals surface area (Å²) in [6, 6.07) is 16.8. The Bertz CT molecular complexity index is 1080. The van der Waals surface area contributed by atoms with Gasteiger partial charge in [-0.05, 0) is 23.8 Å². The minimum atomic E-state index is -0.849. The highest BCUT2D eigenvalue weighted by Gasteiger charge is 2.13. The summed E-state index contributed by atoms with van der Waals surface area (Å²) in [5, 5.41) is 11.7. The van der Waals surface area contributed by atoms with Crippen LogP contribution in [0, 0.1) is 5.82 Å². The number of aliphatic imine (C=N–C) groups is 1. The van der Waals surface area contributed by atoms with E-state index >= 15 is 0 Å². The summed E-state index contributed by atoms with van der Waals surface area (Å²) in [5.74, 6) is -1.59. The maximum Gasteiger partial charge on any atom is 0.304 e. The van der Waals surface area contributed by atoms with Crippen LogP contribution in [0.2, 0.25) is 0 Å². The molecule has 0 aliphatic rings. The Balaban J connectivity index is 1.64. The number of hydrogen-bond donors (Lipinski definition) is 3. The number of nitrogens with one attached hydrogen (secondary N) is 1. The van der Waals surface area contributed by atoms with Gasteiger partial charge in [-0.15, -0.1) is 11.3 Å². The molecule has 0 aliphatic heterocycles. The molecule has 1 aromatic heterocycles. The molecule has 0 saturated heterocycles. The van der Waals surface area contributed by atoms with Crippen molar-refractivity contribution in [2.24, 2.45) is 10.7 Å². The van der Waals surface area contributed by atoms with Crippen LogP contribution in [0.15, 0.2) is 65.7 Å². The van der Waals surface area contributed by atoms with Crippen LogP contribution in [0.3, 0.4) is 0 Å². The number of benzene rings is 2. The number of amides is 1. The highest BCUT2D eigenvalue weighted by Crippen LogP contribution is 2.30. The van der Waals surface area contributed by atoms with Gasteiger partial charge >= 0.3 is 5.97 Å². The van der Waals surface area contributed by atoms with Crippen molar-refractivity contribution in [3.8, 4) is 10.4 Å². The topological polar surface area (TPSA) is 105 Å². The zero-order valence-electron chi connectivity index (χ0n) is 16.0. The Morgan fingerprint density at radius 3 is 2.50 bits per heavy atom. The zero-order chi connectivity index (χ0) is 21.5. The molecule has 4 N–H and O–H groups in total. The molecule has 0 aliphatic carbocycles. The molecule has 0 spiro atoms. The molecule has 0 unspecified atom stereocenters. The first kappa shape index (κ1) is 21.4. The first-order valence-electron chi connectivity index (χ1n) is 9.19. The van der Waals surface area contributed by atoms with Crippen LogP contribution in [-0.4, -0.2) is 29.4 Å². The quantitative estimate of drug-likeness (QED) is 0.290. The molecular formula is C22H20FN3O3S. The molecule has 1 heterocycles. The third-order valence-electron chi connectivity index (χ3n) is 4.27. The van der Waals surface area contributed by atoms with E-state index in [0.717, 1.165) is 16.9 Å². The van der Waals surface area contributed by atoms with Crippen LogP contribution in [-0.2, 0) is 11.3 Å². The Morgan fingerprint density at radius 1 is 1.07 bits per heavy atom. The summed E-state index contributed by atoms with van der Waals surface area (Å²) < 4.78 is 13.9. The van der Waals surface area contributed by atoms with Crippen molar-refractivity contribution in [1.29, 1.82) is 0 Å². The molecule has 30 heavy (non-hydrogen) atoms. The molecule has 6 nitrogen and oxygen atoms in total. The number of aliphatic carboxylic acids is 1. The summed E-state index contributed by atoms with van der Waals surface area (Å²) in [7, 11) is 0. The van der Waals surface area contributed by atoms with E-state index in [4.69, 9.17) is 10.8 Å². The van der Waals surface area contributed by atoms with Crippen LogP contribution in [0.1, 0.15) is 27.2 Å². The number of halogens is 1. The van der Waals surface area contributed by atoms with E-state index < -0.39 is 11.9 Å². The molecular weight excluding hydrogens is 405 g/mol. The number of rotatable bonds is 8. The van der Waals surface area contributed by atoms with E-state index in [1.807, 2.05) is 12.1 Å². The maximum absolute atomic E-state index is 13.9. The van der Waals surface area contributed by atoms with Crippen molar-refractivity contribution in [1.82, 2.24) is 5.32 Å². The van der Waals surface area contributed by atoms with Crippen molar-refractivity contribution >= 4 is 29.0 Å². The van der Waals surface area contributed by atoms with Gasteiger partial charge in [0.1, 0.15) is 11.7 Å². The van der Waals surface area contributed by atoms with Crippen LogP contribution in [0.25, 0.3) is 10.4 Å². The number of carbonyl (C=O) groups excluding carboxylic acids is 1. The predicted molar refractivity (Wildman–Crippen MR) is 115 cm³/mol. The SMILES string of the molecule is NC(=NC(=O)c1ccc(-c2ccccc2F)s1)c1ccc(CNCCC(=O)O)cc1. The van der Waals surface area contributed by atoms with Crippen molar-refractivity contribution in [2.45, 2.75) is 13.0 Å². The first-order chi connectivity index (χ1) is 14.4. The van der Waals surface area contributed by atoms with E-state index in [1.54, 1.807) is 42.5 Å². The monoisotopic (exact) mass is 425 g/mol. The van der Waals surface area contributed by atoms with Crippen LogP contribution >= 0.6 is 11.3 Å². The van der Waals surface area contributed by atoms with Crippen molar-refractivity contribution in [2.75, 3.05) is 6.54 Å². The van der Waals surface area contributed by atoms with Crippen molar-refractivity contribution < 1.29 is 19.1 Å². The van der Waals surface area contributed by atoms with Gasteiger partial charge < -0.3 is 16.2 Å². The second-order valence-electron chi connectivity index (χ2n) is 6.46. The highest BCUT2D eigenvalue weighted by molar-refractivity contribution is 7.17. The number of carboxylic acid groups (broad SMARTS) is 1. The van der Waals surface area contributed by atoms with Gasteiger partial charge in [0.2, 0.25) is 0 Å². The molecule has 3 aromatic rings. The number of thiophene rings is 1. The van der Waals surface area contributed by atoms with Crippen LogP contribution in [0.5, 0.6) is 0 Å². The lowest BCUT2D eigenvalue weighted by atomic mass is 10.1. The molecule has 3 rings (SSSR count). The number of nitrogens with two attached hydrogens (primary N) is 1. The van der Waals surface area contributed by atoms with Crippen LogP contribution in [0.4, 0.5) is 4.39 Å². The van der Waals surface area contributed by atoms with Gasteiger partial charge in [-0.2, -0.15) is 4.99 Å². The standard InChI is InChI=1S/C22H20FN3O3S/c23-17-4-2-1-3-16(17)18-9-10-19(30-18)22(29)26-21(24)15-7-5-14(6-8-15)13-25-12-11-20(27)28/h1-10,25H,11-13H2,(H,27,28)(H2,24,26,29). The Labute approximate surface area is 176 Å². The highest BCUT2D eigenvalue weighted by atomic mass is 32.1. The van der Waals surface area contributed by atoms with Crippen LogP contribution < -0.4 is 11.1 Å². The molecule has 0 saturated carbocycles. The fraction of sp³-hybridized carbons (Fsp3) is 0.136. The van der Waals surface area contributed by atoms with E-state index in [2.05, 4.69) is 10.3 Å². The number of carbonyl (C=O) groups is 2. The maximum atomic E-state index is 13.9. The minimum absolute atomic E-state index is 0.0567. The van der Waals surface area contributed by atoms with Gasteiger partial charge in [0, 0.05) is 29.1 Å². The molecule has 0 atom stereocenters. The molecule has 0 radical (unpaired) electrons. The Morgan fingerprint density at radius 2 is 1.80 bits per heavy atom. The third kappa shape index (κ3) is 5.59. The zero-order valence-corrected chi connectivity index (χ0v) is 16.8. The molecule has 0 fully saturated rings. The second kappa shape index (κ2) is 9.91. The first-order valence-corrected chi connectivity index (χ1v) is 10.0. The lowest BCUT2D eigenvalue weighted by molar-refractivity contribution is -0.136. The van der Waals surface area contributed by atoms with Gasteiger partial charge in [0.25, 0.3) is 5.91 Å². The molecule has 154 valence electrons. The van der Waals surface area contributed by atoms with E-state index in [0.29, 0.717) is 34.0 Å². The van der Waals surface area contributed by atoms with Crippen molar-refractivity contribution in [3.05, 3.63) is 82.5 Å². The van der Waals surface area contributed by atoms with Gasteiger partial charge in [0.05, 0.1) is 11.3 Å². The van der Waals surface area contributed by atoms with Gasteiger partial charge in [0.15, 0.2) is 0 Å². The van der Waals surface area contributed by atoms with E-state index in [9.17, 15) is 14.0 Å². The molecule has 8 heteroatoms. The van der Waals surface area contributed by atoms with Gasteiger partial charge in [-0.25, -0.2) is 4.39 Å². The number of amidine groups is 1. The largest absolute Gasteiger partial charge is 0.481 e. The summed E-state index contributed by atoms with van der Waals surface area (Å²) >= 11 is 1.16. The summed E-state index contributed by atoms with van der Waals surface area (Å²) in [6.07, 6.45) is 0.0567. The van der Waals surface area contributed by atoms with E-state index in [-0.39, 0.29) is 18.1 Å². The third-order valence-corrected chi connectivity index (χ3v) is 5.38. The van der Waals surface area contributed by atoms with Gasteiger partial charge in [-0.1, -0.05) is 42.5 Å². The molecule has 2 aromatic carbocycles. The fourth-order valence-corrected chi connectivity index (χ4v) is 3.63. The Hall–Kier alpha value is -3.36. The smallest absolute Gasteiger partial charge is 0.304 e. The summed E-state index contributed by atoms with van der Waals surface area (Å²) in [6.45, 7) is 0.905. The normalized spacial score (nSPS) is 11.4. The average molecular weight is 425 g/mol. The Kier molecular flexibility index (Phi) is 7.05. The number of carboxylic acids is 1. The molecule has 1 amide bonds. The number of hydrogen-bond acceptors (Lipinski definition) is 4. The summed E-state index contributed by atoms with van der Waals surface area (Å²) in [4.78, 5) is 27.9. The predicted octanol–water partition coefficient (Wildman–Crippen LogP) is 3.66. The van der Waals surface area contributed by atoms with Crippen molar-refractivity contribution in [3.63, 3.8) is 0 Å².